The first kappa shape index (κ1) is 8.01. The Morgan fingerprint density at radius 3 is 2.83 bits per heavy atom. The fourth-order valence-electron chi connectivity index (χ4n) is 2.80. The van der Waals surface area contributed by atoms with E-state index in [0.717, 1.165) is 17.2 Å². The Morgan fingerprint density at radius 1 is 1.42 bits per heavy atom. The zero-order valence-electron chi connectivity index (χ0n) is 6.54. The van der Waals surface area contributed by atoms with Crippen molar-refractivity contribution in [2.45, 2.75) is 23.0 Å². The molecule has 5 atom stereocenters. The summed E-state index contributed by atoms with van der Waals surface area (Å²) >= 11 is 7.34. The van der Waals surface area contributed by atoms with Gasteiger partial charge in [0.1, 0.15) is 0 Å². The Morgan fingerprint density at radius 2 is 2.25 bits per heavy atom. The normalized spacial score (nSPS) is 59.2. The molecular formula is C9H10Br2O. The molecule has 0 aromatic rings. The molecule has 1 saturated carbocycles. The van der Waals surface area contributed by atoms with Crippen LogP contribution in [0.3, 0.4) is 0 Å². The second-order valence-electron chi connectivity index (χ2n) is 3.84. The minimum atomic E-state index is 0.320. The maximum Gasteiger partial charge on any atom is 0.0924 e. The Balaban J connectivity index is 1.85. The molecule has 2 aliphatic heterocycles. The van der Waals surface area contributed by atoms with Crippen molar-refractivity contribution in [3.63, 3.8) is 0 Å². The highest BCUT2D eigenvalue weighted by Crippen LogP contribution is 2.70. The second-order valence-corrected chi connectivity index (χ2v) is 6.01. The van der Waals surface area contributed by atoms with Crippen molar-refractivity contribution >= 4 is 31.9 Å². The Hall–Kier alpha value is 0.660. The first-order valence-corrected chi connectivity index (χ1v) is 6.28. The zero-order valence-corrected chi connectivity index (χ0v) is 9.71. The largest absolute Gasteiger partial charge is 0.365 e. The van der Waals surface area contributed by atoms with Gasteiger partial charge in [-0.25, -0.2) is 0 Å². The van der Waals surface area contributed by atoms with Crippen LogP contribution >= 0.6 is 31.9 Å². The number of hydrogen-bond acceptors (Lipinski definition) is 1. The Labute approximate surface area is 88.8 Å². The standard InChI is InChI=1S/C9H10Br2O/c10-4-3-5-8-6-1-2-7(12-6)9(5,8)11/h1-2,5-8H,3-4H2/t5-,6+,7-,8?,9+/m1/s1. The van der Waals surface area contributed by atoms with Crippen LogP contribution in [-0.4, -0.2) is 21.9 Å². The van der Waals surface area contributed by atoms with Crippen molar-refractivity contribution in [1.29, 1.82) is 0 Å². The smallest absolute Gasteiger partial charge is 0.0924 e. The highest BCUT2D eigenvalue weighted by molar-refractivity contribution is 9.10. The van der Waals surface area contributed by atoms with Gasteiger partial charge in [-0.3, -0.25) is 0 Å². The average Bonchev–Trinajstić information content (AvgIpc) is 2.49. The fourth-order valence-corrected chi connectivity index (χ4v) is 4.52. The lowest BCUT2D eigenvalue weighted by Gasteiger charge is -2.13. The molecular weight excluding hydrogens is 284 g/mol. The minimum absolute atomic E-state index is 0.320. The third kappa shape index (κ3) is 0.740. The van der Waals surface area contributed by atoms with E-state index in [1.54, 1.807) is 0 Å². The molecule has 1 saturated heterocycles. The molecule has 2 bridgehead atoms. The molecule has 3 aliphatic rings. The first-order valence-electron chi connectivity index (χ1n) is 4.37. The van der Waals surface area contributed by atoms with Crippen LogP contribution in [0.1, 0.15) is 6.42 Å². The van der Waals surface area contributed by atoms with Crippen molar-refractivity contribution in [1.82, 2.24) is 0 Å². The van der Waals surface area contributed by atoms with Crippen LogP contribution in [0.5, 0.6) is 0 Å². The summed E-state index contributed by atoms with van der Waals surface area (Å²) in [6.07, 6.45) is 6.48. The maximum atomic E-state index is 5.74. The minimum Gasteiger partial charge on any atom is -0.365 e. The van der Waals surface area contributed by atoms with E-state index in [1.807, 2.05) is 0 Å². The maximum absolute atomic E-state index is 5.74. The summed E-state index contributed by atoms with van der Waals surface area (Å²) in [4.78, 5) is 0. The van der Waals surface area contributed by atoms with E-state index in [4.69, 9.17) is 4.74 Å². The summed E-state index contributed by atoms with van der Waals surface area (Å²) in [6, 6.07) is 0. The number of ether oxygens (including phenoxy) is 1. The SMILES string of the molecule is BrCC[C@@H]1C2[C@@H]3C=C[C@@H](O3)[C@]21Br. The molecule has 0 aromatic carbocycles. The molecule has 1 aliphatic carbocycles. The second kappa shape index (κ2) is 2.37. The van der Waals surface area contributed by atoms with Gasteiger partial charge in [0.05, 0.1) is 16.5 Å². The molecule has 0 spiro atoms. The van der Waals surface area contributed by atoms with Crippen LogP contribution in [0.15, 0.2) is 12.2 Å². The lowest BCUT2D eigenvalue weighted by molar-refractivity contribution is 0.0796. The molecule has 1 unspecified atom stereocenters. The molecule has 2 heterocycles. The average molecular weight is 294 g/mol. The van der Waals surface area contributed by atoms with Crippen molar-refractivity contribution in [2.75, 3.05) is 5.33 Å². The van der Waals surface area contributed by atoms with E-state index in [1.165, 1.54) is 6.42 Å². The van der Waals surface area contributed by atoms with Gasteiger partial charge in [0.25, 0.3) is 0 Å². The lowest BCUT2D eigenvalue weighted by Crippen LogP contribution is -2.20. The van der Waals surface area contributed by atoms with Crippen LogP contribution in [-0.2, 0) is 4.74 Å². The van der Waals surface area contributed by atoms with Gasteiger partial charge >= 0.3 is 0 Å². The summed E-state index contributed by atoms with van der Waals surface area (Å²) in [5.74, 6) is 1.58. The van der Waals surface area contributed by atoms with Gasteiger partial charge in [0.15, 0.2) is 0 Å². The molecule has 66 valence electrons. The van der Waals surface area contributed by atoms with Gasteiger partial charge in [-0.05, 0) is 12.3 Å². The van der Waals surface area contributed by atoms with Crippen LogP contribution in [0, 0.1) is 11.8 Å². The number of rotatable bonds is 2. The molecule has 3 heteroatoms. The number of fused-ring (bicyclic) bond motifs is 5. The quantitative estimate of drug-likeness (QED) is 0.561. The molecule has 1 nitrogen and oxygen atoms in total. The summed E-state index contributed by atoms with van der Waals surface area (Å²) in [5, 5.41) is 1.11. The van der Waals surface area contributed by atoms with Gasteiger partial charge < -0.3 is 4.74 Å². The number of alkyl halides is 2. The van der Waals surface area contributed by atoms with Gasteiger partial charge in [0.2, 0.25) is 0 Å². The number of hydrogen-bond donors (Lipinski definition) is 0. The summed E-state index contributed by atoms with van der Waals surface area (Å²) in [7, 11) is 0. The van der Waals surface area contributed by atoms with Crippen molar-refractivity contribution in [2.24, 2.45) is 11.8 Å². The lowest BCUT2D eigenvalue weighted by atomic mass is 10.1. The van der Waals surface area contributed by atoms with E-state index in [2.05, 4.69) is 44.0 Å². The van der Waals surface area contributed by atoms with Crippen LogP contribution in [0.25, 0.3) is 0 Å². The molecule has 0 radical (unpaired) electrons. The topological polar surface area (TPSA) is 9.23 Å². The van der Waals surface area contributed by atoms with Crippen molar-refractivity contribution < 1.29 is 4.74 Å². The highest BCUT2D eigenvalue weighted by atomic mass is 79.9. The van der Waals surface area contributed by atoms with E-state index in [9.17, 15) is 0 Å². The molecule has 0 amide bonds. The Kier molecular flexibility index (Phi) is 1.58. The van der Waals surface area contributed by atoms with E-state index < -0.39 is 0 Å². The van der Waals surface area contributed by atoms with Crippen molar-refractivity contribution in [3.05, 3.63) is 12.2 Å². The number of halogens is 2. The predicted octanol–water partition coefficient (Wildman–Crippen LogP) is 2.49. The fraction of sp³-hybridized carbons (Fsp3) is 0.778. The highest BCUT2D eigenvalue weighted by Gasteiger charge is 2.75. The van der Waals surface area contributed by atoms with Gasteiger partial charge in [-0.15, -0.1) is 0 Å². The summed E-state index contributed by atoms with van der Waals surface area (Å²) in [5.41, 5.74) is 0. The first-order chi connectivity index (χ1) is 5.78. The van der Waals surface area contributed by atoms with Gasteiger partial charge in [-0.1, -0.05) is 44.0 Å². The van der Waals surface area contributed by atoms with Gasteiger partial charge in [-0.2, -0.15) is 0 Å². The van der Waals surface area contributed by atoms with Crippen LogP contribution in [0.4, 0.5) is 0 Å². The molecule has 0 aromatic heterocycles. The Bertz CT molecular complexity index is 253. The molecule has 12 heavy (non-hydrogen) atoms. The van der Waals surface area contributed by atoms with E-state index in [-0.39, 0.29) is 0 Å². The predicted molar refractivity (Wildman–Crippen MR) is 54.9 cm³/mol. The zero-order chi connectivity index (χ0) is 8.34. The van der Waals surface area contributed by atoms with E-state index in [0.29, 0.717) is 16.5 Å². The van der Waals surface area contributed by atoms with Crippen LogP contribution in [0.2, 0.25) is 0 Å². The third-order valence-corrected chi connectivity index (χ3v) is 5.42. The monoisotopic (exact) mass is 292 g/mol. The van der Waals surface area contributed by atoms with Crippen LogP contribution < -0.4 is 0 Å². The third-order valence-electron chi connectivity index (χ3n) is 3.39. The van der Waals surface area contributed by atoms with Gasteiger partial charge in [0, 0.05) is 11.2 Å². The van der Waals surface area contributed by atoms with Crippen molar-refractivity contribution in [3.8, 4) is 0 Å². The molecule has 0 N–H and O–H groups in total. The molecule has 3 rings (SSSR count). The van der Waals surface area contributed by atoms with E-state index >= 15 is 0 Å². The molecule has 2 fully saturated rings. The summed E-state index contributed by atoms with van der Waals surface area (Å²) in [6.45, 7) is 0. The summed E-state index contributed by atoms with van der Waals surface area (Å²) < 4.78 is 6.06.